The largest absolute Gasteiger partial charge is 0.394 e. The predicted octanol–water partition coefficient (Wildman–Crippen LogP) is 0.423. The Morgan fingerprint density at radius 1 is 1.07 bits per heavy atom. The summed E-state index contributed by atoms with van der Waals surface area (Å²) in [6.07, 6.45) is 6.78. The van der Waals surface area contributed by atoms with E-state index in [9.17, 15) is 4.21 Å². The van der Waals surface area contributed by atoms with Crippen molar-refractivity contribution in [2.45, 2.75) is 0 Å². The van der Waals surface area contributed by atoms with Crippen LogP contribution in [0.2, 0.25) is 0 Å². The minimum Gasteiger partial charge on any atom is -0.265 e. The van der Waals surface area contributed by atoms with Crippen LogP contribution < -0.4 is 0 Å². The Hall–Kier alpha value is -0.830. The third-order valence-electron chi connectivity index (χ3n) is 0.566. The van der Waals surface area contributed by atoms with Crippen molar-refractivity contribution in [3.63, 3.8) is 0 Å². The summed E-state index contributed by atoms with van der Waals surface area (Å²) < 4.78 is 41.1. The molecule has 0 fully saturated rings. The first-order chi connectivity index (χ1) is 6.73. The molecule has 0 bridgehead atoms. The summed E-state index contributed by atoms with van der Waals surface area (Å²) in [7, 11) is -5.28. The monoisotopic (exact) mass is 255 g/mol. The topological polar surface area (TPSA) is 105 Å². The van der Waals surface area contributed by atoms with Gasteiger partial charge in [0.2, 0.25) is 0 Å². The molecule has 0 unspecified atom stereocenters. The Kier molecular flexibility index (Phi) is 10.7. The van der Waals surface area contributed by atoms with Gasteiger partial charge in [-0.05, 0) is 12.1 Å². The van der Waals surface area contributed by atoms with E-state index in [1.807, 2.05) is 18.2 Å². The van der Waals surface area contributed by atoms with Crippen LogP contribution in [-0.4, -0.2) is 39.2 Å². The van der Waals surface area contributed by atoms with Gasteiger partial charge < -0.3 is 0 Å². The van der Waals surface area contributed by atoms with Gasteiger partial charge in [0, 0.05) is 35.7 Å². The molecule has 1 rings (SSSR count). The van der Waals surface area contributed by atoms with E-state index in [2.05, 4.69) is 4.98 Å². The fourth-order valence-corrected chi connectivity index (χ4v) is 0.313. The third kappa shape index (κ3) is 61.5. The highest BCUT2D eigenvalue weighted by molar-refractivity contribution is 7.83. The maximum Gasteiger partial charge on any atom is 0.394 e. The van der Waals surface area contributed by atoms with E-state index in [4.69, 9.17) is 17.5 Å². The SMILES string of the molecule is CS(C)=O.O=S(=O)(O)O.c1ccncc1. The van der Waals surface area contributed by atoms with Crippen LogP contribution in [0, 0.1) is 0 Å². The van der Waals surface area contributed by atoms with Crippen molar-refractivity contribution in [3.8, 4) is 0 Å². The maximum absolute atomic E-state index is 9.56. The van der Waals surface area contributed by atoms with E-state index >= 15 is 0 Å². The fourth-order valence-electron chi connectivity index (χ4n) is 0.313. The van der Waals surface area contributed by atoms with E-state index in [0.29, 0.717) is 0 Å². The molecular weight excluding hydrogens is 242 g/mol. The second-order valence-electron chi connectivity index (χ2n) is 2.21. The maximum atomic E-state index is 9.56. The molecule has 0 spiro atoms. The smallest absolute Gasteiger partial charge is 0.265 e. The highest BCUT2D eigenvalue weighted by Crippen LogP contribution is 1.73. The molecule has 88 valence electrons. The first-order valence-corrected chi connectivity index (χ1v) is 6.89. The third-order valence-corrected chi connectivity index (χ3v) is 0.566. The molecule has 0 aliphatic rings. The fraction of sp³-hybridized carbons (Fsp3) is 0.286. The normalized spacial score (nSPS) is 9.40. The molecule has 1 aromatic rings. The van der Waals surface area contributed by atoms with E-state index in [-0.39, 0.29) is 0 Å². The Bertz CT molecular complexity index is 312. The van der Waals surface area contributed by atoms with Crippen LogP contribution in [0.4, 0.5) is 0 Å². The van der Waals surface area contributed by atoms with Crippen LogP contribution in [0.3, 0.4) is 0 Å². The van der Waals surface area contributed by atoms with Crippen molar-refractivity contribution in [2.75, 3.05) is 12.5 Å². The molecule has 0 aliphatic carbocycles. The van der Waals surface area contributed by atoms with Crippen LogP contribution in [-0.2, 0) is 21.2 Å². The Balaban J connectivity index is 0. The van der Waals surface area contributed by atoms with Crippen molar-refractivity contribution < 1.29 is 21.7 Å². The number of aromatic nitrogens is 1. The molecule has 15 heavy (non-hydrogen) atoms. The average Bonchev–Trinajstić information content (AvgIpc) is 2.03. The number of nitrogens with zero attached hydrogens (tertiary/aromatic N) is 1. The quantitative estimate of drug-likeness (QED) is 0.651. The van der Waals surface area contributed by atoms with Gasteiger partial charge >= 0.3 is 10.4 Å². The standard InChI is InChI=1S/C5H5N.C2H6OS.H2O4S/c1-2-4-6-5-3-1;1-4(2)3;1-5(2,3)4/h1-5H;1-2H3;(H2,1,2,3,4). The zero-order chi connectivity index (χ0) is 12.3. The Morgan fingerprint density at radius 3 is 1.40 bits per heavy atom. The van der Waals surface area contributed by atoms with E-state index in [1.54, 1.807) is 24.9 Å². The van der Waals surface area contributed by atoms with Crippen LogP contribution in [0.5, 0.6) is 0 Å². The minimum atomic E-state index is -4.67. The van der Waals surface area contributed by atoms with Crippen LogP contribution in [0.25, 0.3) is 0 Å². The Labute approximate surface area is 91.4 Å². The molecule has 1 heterocycles. The lowest BCUT2D eigenvalue weighted by Crippen LogP contribution is -1.89. The van der Waals surface area contributed by atoms with Gasteiger partial charge in [0.1, 0.15) is 0 Å². The summed E-state index contributed by atoms with van der Waals surface area (Å²) in [5.74, 6) is 0. The van der Waals surface area contributed by atoms with Gasteiger partial charge in [-0.15, -0.1) is 0 Å². The lowest BCUT2D eigenvalue weighted by molar-refractivity contribution is 0.381. The highest BCUT2D eigenvalue weighted by atomic mass is 32.3. The highest BCUT2D eigenvalue weighted by Gasteiger charge is 1.84. The van der Waals surface area contributed by atoms with Gasteiger partial charge in [0.25, 0.3) is 0 Å². The predicted molar refractivity (Wildman–Crippen MR) is 58.4 cm³/mol. The summed E-state index contributed by atoms with van der Waals surface area (Å²) in [4.78, 5) is 3.78. The molecule has 0 atom stereocenters. The molecule has 0 saturated carbocycles. The van der Waals surface area contributed by atoms with Gasteiger partial charge in [0.05, 0.1) is 0 Å². The van der Waals surface area contributed by atoms with Crippen molar-refractivity contribution in [1.29, 1.82) is 0 Å². The first-order valence-electron chi connectivity index (χ1n) is 3.53. The van der Waals surface area contributed by atoms with E-state index in [0.717, 1.165) is 0 Å². The van der Waals surface area contributed by atoms with Crippen LogP contribution in [0.15, 0.2) is 30.6 Å². The molecule has 0 amide bonds. The van der Waals surface area contributed by atoms with Crippen molar-refractivity contribution in [3.05, 3.63) is 30.6 Å². The summed E-state index contributed by atoms with van der Waals surface area (Å²) in [5, 5.41) is 0. The average molecular weight is 255 g/mol. The lowest BCUT2D eigenvalue weighted by atomic mass is 10.5. The van der Waals surface area contributed by atoms with Crippen molar-refractivity contribution in [1.82, 2.24) is 4.98 Å². The zero-order valence-electron chi connectivity index (χ0n) is 8.27. The van der Waals surface area contributed by atoms with E-state index < -0.39 is 21.2 Å². The molecule has 6 nitrogen and oxygen atoms in total. The van der Waals surface area contributed by atoms with E-state index in [1.165, 1.54) is 0 Å². The molecule has 8 heteroatoms. The molecule has 2 N–H and O–H groups in total. The summed E-state index contributed by atoms with van der Waals surface area (Å²) in [6.45, 7) is 0. The molecule has 0 radical (unpaired) electrons. The zero-order valence-corrected chi connectivity index (χ0v) is 9.90. The van der Waals surface area contributed by atoms with Crippen molar-refractivity contribution >= 4 is 21.2 Å². The van der Waals surface area contributed by atoms with Crippen LogP contribution in [0.1, 0.15) is 0 Å². The second kappa shape index (κ2) is 9.71. The number of rotatable bonds is 0. The van der Waals surface area contributed by atoms with Gasteiger partial charge in [-0.2, -0.15) is 8.42 Å². The first kappa shape index (κ1) is 16.6. The van der Waals surface area contributed by atoms with Gasteiger partial charge in [-0.25, -0.2) is 0 Å². The number of hydrogen-bond donors (Lipinski definition) is 2. The Morgan fingerprint density at radius 2 is 1.33 bits per heavy atom. The van der Waals surface area contributed by atoms with Crippen LogP contribution >= 0.6 is 0 Å². The summed E-state index contributed by atoms with van der Waals surface area (Å²) in [6, 6.07) is 5.72. The molecular formula is C7H13NO5S2. The minimum absolute atomic E-state index is 0.611. The number of pyridine rings is 1. The summed E-state index contributed by atoms with van der Waals surface area (Å²) in [5.41, 5.74) is 0. The second-order valence-corrected chi connectivity index (χ2v) is 4.59. The van der Waals surface area contributed by atoms with Gasteiger partial charge in [0.15, 0.2) is 0 Å². The molecule has 0 aromatic carbocycles. The molecule has 1 aromatic heterocycles. The molecule has 0 saturated heterocycles. The summed E-state index contributed by atoms with van der Waals surface area (Å²) >= 11 is 0. The van der Waals surface area contributed by atoms with Crippen molar-refractivity contribution in [2.24, 2.45) is 0 Å². The van der Waals surface area contributed by atoms with Gasteiger partial charge in [-0.3, -0.25) is 18.3 Å². The number of hydrogen-bond acceptors (Lipinski definition) is 4. The van der Waals surface area contributed by atoms with Gasteiger partial charge in [-0.1, -0.05) is 6.07 Å². The molecule has 0 aliphatic heterocycles. The lowest BCUT2D eigenvalue weighted by Gasteiger charge is -1.70.